The second kappa shape index (κ2) is 14.4. The quantitative estimate of drug-likeness (QED) is 0.386. The van der Waals surface area contributed by atoms with Crippen molar-refractivity contribution in [2.45, 2.75) is 65.0 Å². The molecule has 0 radical (unpaired) electrons. The predicted molar refractivity (Wildman–Crippen MR) is 145 cm³/mol. The fourth-order valence-corrected chi connectivity index (χ4v) is 5.88. The third-order valence-electron chi connectivity index (χ3n) is 6.89. The number of nitrogens with zero attached hydrogens (tertiary/aromatic N) is 5. The van der Waals surface area contributed by atoms with E-state index in [4.69, 9.17) is 0 Å². The van der Waals surface area contributed by atoms with Crippen molar-refractivity contribution in [3.05, 3.63) is 47.5 Å². The van der Waals surface area contributed by atoms with Gasteiger partial charge in [0.1, 0.15) is 5.82 Å². The van der Waals surface area contributed by atoms with Crippen LogP contribution in [0, 0.1) is 0 Å². The molecule has 11 heteroatoms. The highest BCUT2D eigenvalue weighted by molar-refractivity contribution is 7.89. The van der Waals surface area contributed by atoms with Gasteiger partial charge in [0.2, 0.25) is 10.0 Å². The number of aromatic nitrogens is 3. The molecule has 10 nitrogen and oxygen atoms in total. The molecule has 0 spiro atoms. The highest BCUT2D eigenvalue weighted by Crippen LogP contribution is 2.19. The summed E-state index contributed by atoms with van der Waals surface area (Å²) in [5, 5.41) is 7.48. The van der Waals surface area contributed by atoms with E-state index in [0.29, 0.717) is 30.9 Å². The summed E-state index contributed by atoms with van der Waals surface area (Å²) < 4.78 is 30.5. The molecule has 1 aromatic carbocycles. The van der Waals surface area contributed by atoms with Crippen LogP contribution in [-0.4, -0.2) is 77.5 Å². The maximum atomic E-state index is 13.0. The van der Waals surface area contributed by atoms with E-state index in [1.165, 1.54) is 0 Å². The first kappa shape index (κ1) is 29.1. The summed E-state index contributed by atoms with van der Waals surface area (Å²) >= 11 is 0. The van der Waals surface area contributed by atoms with E-state index in [1.54, 1.807) is 11.7 Å². The van der Waals surface area contributed by atoms with Gasteiger partial charge >= 0.3 is 6.03 Å². The number of aryl methyl sites for hydroxylation is 2. The van der Waals surface area contributed by atoms with Crippen molar-refractivity contribution in [3.8, 4) is 0 Å². The molecule has 206 valence electrons. The summed E-state index contributed by atoms with van der Waals surface area (Å²) in [6.07, 6.45) is 4.99. The van der Waals surface area contributed by atoms with Gasteiger partial charge in [0.25, 0.3) is 0 Å². The summed E-state index contributed by atoms with van der Waals surface area (Å²) in [7, 11) is -1.76. The fraction of sp³-hybridized carbons (Fsp3) is 0.654. The summed E-state index contributed by atoms with van der Waals surface area (Å²) in [6, 6.07) is 9.32. The van der Waals surface area contributed by atoms with Crippen LogP contribution in [0.15, 0.2) is 30.3 Å². The maximum absolute atomic E-state index is 13.0. The van der Waals surface area contributed by atoms with Gasteiger partial charge in [0.15, 0.2) is 5.82 Å². The summed E-state index contributed by atoms with van der Waals surface area (Å²) in [4.78, 5) is 21.2. The third kappa shape index (κ3) is 9.39. The van der Waals surface area contributed by atoms with Crippen LogP contribution in [0.25, 0.3) is 0 Å². The van der Waals surface area contributed by atoms with Crippen LogP contribution >= 0.6 is 0 Å². The van der Waals surface area contributed by atoms with Gasteiger partial charge in [0.05, 0.1) is 18.3 Å². The highest BCUT2D eigenvalue weighted by atomic mass is 32.2. The Kier molecular flexibility index (Phi) is 11.3. The number of likely N-dealkylation sites (tertiary alicyclic amines) is 1. The Labute approximate surface area is 221 Å². The van der Waals surface area contributed by atoms with Gasteiger partial charge < -0.3 is 15.1 Å². The number of piperidine rings is 1. The van der Waals surface area contributed by atoms with Crippen LogP contribution < -0.4 is 10.0 Å². The average molecular weight is 534 g/mol. The standard InChI is InChI=1S/C26H43N7O3S/c1-4-32(5-2)17-12-20-37(35,36)30-23(16-15-22-13-8-6-9-14-22)25-28-24(31(3)29-25)21-27-26(34)33-18-10-7-11-19-33/h6,8-9,13-14,23,30H,4-5,7,10-12,15-21H2,1-3H3,(H,27,34)/t23-/m1/s1. The van der Waals surface area contributed by atoms with Gasteiger partial charge in [-0.25, -0.2) is 22.9 Å². The Hall–Kier alpha value is -2.50. The number of sulfonamides is 1. The molecular weight excluding hydrogens is 490 g/mol. The third-order valence-corrected chi connectivity index (χ3v) is 8.36. The van der Waals surface area contributed by atoms with Crippen LogP contribution in [0.1, 0.15) is 69.2 Å². The molecule has 1 aliphatic heterocycles. The summed E-state index contributed by atoms with van der Waals surface area (Å²) in [6.45, 7) is 8.48. The zero-order valence-electron chi connectivity index (χ0n) is 22.5. The molecule has 0 saturated carbocycles. The van der Waals surface area contributed by atoms with E-state index >= 15 is 0 Å². The Morgan fingerprint density at radius 2 is 1.81 bits per heavy atom. The van der Waals surface area contributed by atoms with Gasteiger partial charge in [-0.2, -0.15) is 5.10 Å². The average Bonchev–Trinajstić information content (AvgIpc) is 3.29. The summed E-state index contributed by atoms with van der Waals surface area (Å²) in [5.41, 5.74) is 1.12. The van der Waals surface area contributed by atoms with Gasteiger partial charge in [0, 0.05) is 20.1 Å². The van der Waals surface area contributed by atoms with Crippen LogP contribution in [-0.2, 0) is 30.0 Å². The minimum Gasteiger partial charge on any atom is -0.331 e. The van der Waals surface area contributed by atoms with Gasteiger partial charge in [-0.3, -0.25) is 4.68 Å². The minimum absolute atomic E-state index is 0.0525. The Morgan fingerprint density at radius 1 is 1.11 bits per heavy atom. The van der Waals surface area contributed by atoms with E-state index in [-0.39, 0.29) is 18.3 Å². The lowest BCUT2D eigenvalue weighted by atomic mass is 10.1. The fourth-order valence-electron chi connectivity index (χ4n) is 4.59. The molecule has 2 heterocycles. The molecule has 1 saturated heterocycles. The molecule has 0 unspecified atom stereocenters. The van der Waals surface area contributed by atoms with Crippen molar-refractivity contribution >= 4 is 16.1 Å². The Morgan fingerprint density at radius 3 is 2.49 bits per heavy atom. The second-order valence-electron chi connectivity index (χ2n) is 9.61. The molecule has 2 N–H and O–H groups in total. The normalized spacial score (nSPS) is 15.2. The van der Waals surface area contributed by atoms with Crippen LogP contribution in [0.5, 0.6) is 0 Å². The first-order valence-corrected chi connectivity index (χ1v) is 15.2. The lowest BCUT2D eigenvalue weighted by Crippen LogP contribution is -2.42. The van der Waals surface area contributed by atoms with Crippen molar-refractivity contribution in [3.63, 3.8) is 0 Å². The molecule has 3 rings (SSSR count). The molecule has 0 bridgehead atoms. The molecular formula is C26H43N7O3S. The lowest BCUT2D eigenvalue weighted by Gasteiger charge is -2.26. The molecule has 37 heavy (non-hydrogen) atoms. The van der Waals surface area contributed by atoms with E-state index in [0.717, 1.165) is 57.5 Å². The largest absolute Gasteiger partial charge is 0.331 e. The maximum Gasteiger partial charge on any atom is 0.317 e. The lowest BCUT2D eigenvalue weighted by molar-refractivity contribution is 0.185. The number of urea groups is 1. The molecule has 1 aliphatic rings. The molecule has 2 amide bonds. The number of carbonyl (C=O) groups is 1. The number of hydrogen-bond acceptors (Lipinski definition) is 6. The van der Waals surface area contributed by atoms with E-state index in [2.05, 4.69) is 38.9 Å². The Bertz CT molecular complexity index is 1070. The number of carbonyl (C=O) groups excluding carboxylic acids is 1. The summed E-state index contributed by atoms with van der Waals surface area (Å²) in [5.74, 6) is 1.07. The number of hydrogen-bond donors (Lipinski definition) is 2. The predicted octanol–water partition coefficient (Wildman–Crippen LogP) is 2.84. The molecule has 1 fully saturated rings. The van der Waals surface area contributed by atoms with E-state index in [9.17, 15) is 13.2 Å². The monoisotopic (exact) mass is 533 g/mol. The molecule has 2 aromatic rings. The Balaban J connectivity index is 1.67. The first-order chi connectivity index (χ1) is 17.8. The highest BCUT2D eigenvalue weighted by Gasteiger charge is 2.25. The number of nitrogens with one attached hydrogen (secondary N) is 2. The van der Waals surface area contributed by atoms with Crippen molar-refractivity contribution in [1.82, 2.24) is 34.6 Å². The minimum atomic E-state index is -3.53. The zero-order chi connectivity index (χ0) is 26.7. The van der Waals surface area contributed by atoms with Crippen molar-refractivity contribution in [2.75, 3.05) is 38.5 Å². The SMILES string of the molecule is CCN(CC)CCCS(=O)(=O)N[C@H](CCc1ccccc1)c1nc(CNC(=O)N2CCCCC2)n(C)n1. The molecule has 0 aliphatic carbocycles. The second-order valence-corrected chi connectivity index (χ2v) is 11.5. The van der Waals surface area contributed by atoms with Crippen molar-refractivity contribution < 1.29 is 13.2 Å². The van der Waals surface area contributed by atoms with Crippen molar-refractivity contribution in [2.24, 2.45) is 7.05 Å². The molecule has 1 aromatic heterocycles. The van der Waals surface area contributed by atoms with Crippen LogP contribution in [0.4, 0.5) is 4.79 Å². The van der Waals surface area contributed by atoms with E-state index in [1.807, 2.05) is 35.2 Å². The van der Waals surface area contributed by atoms with E-state index < -0.39 is 16.1 Å². The van der Waals surface area contributed by atoms with Crippen LogP contribution in [0.2, 0.25) is 0 Å². The van der Waals surface area contributed by atoms with Crippen LogP contribution in [0.3, 0.4) is 0 Å². The topological polar surface area (TPSA) is 112 Å². The van der Waals surface area contributed by atoms with Gasteiger partial charge in [-0.15, -0.1) is 0 Å². The molecule has 1 atom stereocenters. The van der Waals surface area contributed by atoms with Gasteiger partial charge in [-0.1, -0.05) is 44.2 Å². The van der Waals surface area contributed by atoms with Crippen molar-refractivity contribution in [1.29, 1.82) is 0 Å². The smallest absolute Gasteiger partial charge is 0.317 e. The number of rotatable bonds is 14. The van der Waals surface area contributed by atoms with Gasteiger partial charge in [-0.05, 0) is 63.7 Å². The number of amides is 2. The first-order valence-electron chi connectivity index (χ1n) is 13.5. The zero-order valence-corrected chi connectivity index (χ0v) is 23.3. The number of benzene rings is 1.